The van der Waals surface area contributed by atoms with E-state index in [1.165, 1.54) is 31.4 Å². The number of esters is 1. The Hall–Kier alpha value is -3.20. The van der Waals surface area contributed by atoms with Crippen LogP contribution in [-0.4, -0.2) is 25.8 Å². The van der Waals surface area contributed by atoms with Gasteiger partial charge in [0, 0.05) is 23.1 Å². The van der Waals surface area contributed by atoms with Crippen molar-refractivity contribution in [3.05, 3.63) is 88.7 Å². The van der Waals surface area contributed by atoms with Crippen LogP contribution in [0.3, 0.4) is 0 Å². The smallest absolute Gasteiger partial charge is 0.343 e. The SMILES string of the molecule is CCCCCC1COC(c2ccc(C(=O)Oc3ccc(-c4cc(F)c(C5CO5)c(F)c4)c(F)c3)cc2)OC1. The molecule has 8 heteroatoms. The summed E-state index contributed by atoms with van der Waals surface area (Å²) in [6.45, 7) is 3.71. The molecule has 0 N–H and O–H groups in total. The predicted octanol–water partition coefficient (Wildman–Crippen LogP) is 7.30. The lowest BCUT2D eigenvalue weighted by molar-refractivity contribution is -0.206. The standard InChI is InChI=1S/C30H29F3O5/c1-2-3-4-5-18-15-36-30(37-16-18)20-8-6-19(7-9-20)29(34)38-22-10-11-23(24(31)14-22)21-12-25(32)28(26(33)13-21)27-17-35-27/h6-14,18,27,30H,2-5,15-17H2,1H3. The molecular formula is C30H29F3O5. The first-order valence-electron chi connectivity index (χ1n) is 12.9. The molecule has 5 rings (SSSR count). The second kappa shape index (κ2) is 11.7. The third-order valence-electron chi connectivity index (χ3n) is 6.80. The van der Waals surface area contributed by atoms with E-state index in [1.54, 1.807) is 24.3 Å². The Morgan fingerprint density at radius 2 is 1.55 bits per heavy atom. The molecule has 0 aliphatic carbocycles. The lowest BCUT2D eigenvalue weighted by Gasteiger charge is -2.29. The van der Waals surface area contributed by atoms with Crippen molar-refractivity contribution >= 4 is 5.97 Å². The maximum Gasteiger partial charge on any atom is 0.343 e. The zero-order valence-electron chi connectivity index (χ0n) is 21.1. The minimum Gasteiger partial charge on any atom is -0.423 e. The number of carbonyl (C=O) groups excluding carboxylic acids is 1. The second-order valence-corrected chi connectivity index (χ2v) is 9.69. The van der Waals surface area contributed by atoms with Gasteiger partial charge in [-0.2, -0.15) is 0 Å². The molecule has 38 heavy (non-hydrogen) atoms. The summed E-state index contributed by atoms with van der Waals surface area (Å²) in [5, 5.41) is 0. The average Bonchev–Trinajstić information content (AvgIpc) is 3.74. The third kappa shape index (κ3) is 6.09. The van der Waals surface area contributed by atoms with E-state index in [4.69, 9.17) is 18.9 Å². The van der Waals surface area contributed by atoms with Crippen LogP contribution in [0.15, 0.2) is 54.6 Å². The highest BCUT2D eigenvalue weighted by atomic mass is 19.1. The molecule has 0 aromatic heterocycles. The summed E-state index contributed by atoms with van der Waals surface area (Å²) in [4.78, 5) is 12.6. The van der Waals surface area contributed by atoms with Crippen molar-refractivity contribution in [1.82, 2.24) is 0 Å². The topological polar surface area (TPSA) is 57.3 Å². The van der Waals surface area contributed by atoms with E-state index in [0.29, 0.717) is 19.1 Å². The normalized spacial score (nSPS) is 20.8. The number of hydrogen-bond donors (Lipinski definition) is 0. The molecular weight excluding hydrogens is 497 g/mol. The minimum atomic E-state index is -0.795. The van der Waals surface area contributed by atoms with Crippen molar-refractivity contribution < 1.29 is 36.9 Å². The van der Waals surface area contributed by atoms with Gasteiger partial charge in [-0.3, -0.25) is 0 Å². The molecule has 5 nitrogen and oxygen atoms in total. The highest BCUT2D eigenvalue weighted by molar-refractivity contribution is 5.91. The molecule has 200 valence electrons. The van der Waals surface area contributed by atoms with Gasteiger partial charge in [-0.15, -0.1) is 0 Å². The van der Waals surface area contributed by atoms with E-state index in [2.05, 4.69) is 6.92 Å². The van der Waals surface area contributed by atoms with Crippen molar-refractivity contribution in [3.63, 3.8) is 0 Å². The van der Waals surface area contributed by atoms with Crippen LogP contribution in [-0.2, 0) is 14.2 Å². The van der Waals surface area contributed by atoms with Crippen molar-refractivity contribution in [1.29, 1.82) is 0 Å². The monoisotopic (exact) mass is 526 g/mol. The van der Waals surface area contributed by atoms with E-state index in [-0.39, 0.29) is 34.6 Å². The molecule has 2 aliphatic heterocycles. The molecule has 0 bridgehead atoms. The van der Waals surface area contributed by atoms with E-state index in [9.17, 15) is 18.0 Å². The first kappa shape index (κ1) is 26.4. The van der Waals surface area contributed by atoms with Gasteiger partial charge in [-0.05, 0) is 48.4 Å². The minimum absolute atomic E-state index is 0.0182. The van der Waals surface area contributed by atoms with Crippen molar-refractivity contribution in [2.45, 2.75) is 45.0 Å². The Labute approximate surface area is 219 Å². The number of hydrogen-bond acceptors (Lipinski definition) is 5. The number of epoxide rings is 1. The van der Waals surface area contributed by atoms with Crippen molar-refractivity contribution in [2.75, 3.05) is 19.8 Å². The van der Waals surface area contributed by atoms with Crippen LogP contribution in [0.25, 0.3) is 11.1 Å². The van der Waals surface area contributed by atoms with Gasteiger partial charge in [-0.25, -0.2) is 18.0 Å². The third-order valence-corrected chi connectivity index (χ3v) is 6.80. The average molecular weight is 527 g/mol. The second-order valence-electron chi connectivity index (χ2n) is 9.69. The first-order valence-corrected chi connectivity index (χ1v) is 12.9. The van der Waals surface area contributed by atoms with Crippen LogP contribution in [0.2, 0.25) is 0 Å². The van der Waals surface area contributed by atoms with Crippen LogP contribution in [0.1, 0.15) is 66.5 Å². The number of carbonyl (C=O) groups is 1. The molecule has 3 aromatic carbocycles. The predicted molar refractivity (Wildman–Crippen MR) is 134 cm³/mol. The Morgan fingerprint density at radius 3 is 2.16 bits per heavy atom. The van der Waals surface area contributed by atoms with Crippen LogP contribution >= 0.6 is 0 Å². The maximum atomic E-state index is 14.8. The lowest BCUT2D eigenvalue weighted by atomic mass is 10.0. The summed E-state index contributed by atoms with van der Waals surface area (Å²) < 4.78 is 65.5. The Bertz CT molecular complexity index is 1260. The Morgan fingerprint density at radius 1 is 0.868 bits per heavy atom. The van der Waals surface area contributed by atoms with Gasteiger partial charge in [-0.1, -0.05) is 38.3 Å². The van der Waals surface area contributed by atoms with Crippen LogP contribution in [0.4, 0.5) is 13.2 Å². The molecule has 0 saturated carbocycles. The first-order chi connectivity index (χ1) is 18.4. The highest BCUT2D eigenvalue weighted by Gasteiger charge is 2.32. The van der Waals surface area contributed by atoms with E-state index in [1.807, 2.05) is 0 Å². The summed E-state index contributed by atoms with van der Waals surface area (Å²) >= 11 is 0. The molecule has 3 aromatic rings. The summed E-state index contributed by atoms with van der Waals surface area (Å²) in [6.07, 6.45) is 3.56. The van der Waals surface area contributed by atoms with Crippen LogP contribution < -0.4 is 4.74 Å². The van der Waals surface area contributed by atoms with Gasteiger partial charge in [0.25, 0.3) is 0 Å². The van der Waals surface area contributed by atoms with E-state index >= 15 is 0 Å². The number of ether oxygens (including phenoxy) is 4. The van der Waals surface area contributed by atoms with Crippen LogP contribution in [0, 0.1) is 23.4 Å². The molecule has 0 spiro atoms. The molecule has 1 atom stereocenters. The van der Waals surface area contributed by atoms with Gasteiger partial charge in [0.1, 0.15) is 29.3 Å². The molecule has 2 fully saturated rings. The van der Waals surface area contributed by atoms with Crippen molar-refractivity contribution in [2.24, 2.45) is 5.92 Å². The molecule has 1 unspecified atom stereocenters. The van der Waals surface area contributed by atoms with Crippen LogP contribution in [0.5, 0.6) is 5.75 Å². The number of unbranched alkanes of at least 4 members (excludes halogenated alkanes) is 2. The van der Waals surface area contributed by atoms with Gasteiger partial charge >= 0.3 is 5.97 Å². The van der Waals surface area contributed by atoms with Gasteiger partial charge < -0.3 is 18.9 Å². The van der Waals surface area contributed by atoms with E-state index < -0.39 is 35.8 Å². The molecule has 2 heterocycles. The summed E-state index contributed by atoms with van der Waals surface area (Å²) in [7, 11) is 0. The van der Waals surface area contributed by atoms with Gasteiger partial charge in [0.2, 0.25) is 0 Å². The number of benzene rings is 3. The van der Waals surface area contributed by atoms with E-state index in [0.717, 1.165) is 30.2 Å². The number of rotatable bonds is 9. The van der Waals surface area contributed by atoms with Gasteiger partial charge in [0.15, 0.2) is 6.29 Å². The zero-order chi connectivity index (χ0) is 26.6. The summed E-state index contributed by atoms with van der Waals surface area (Å²) in [5.41, 5.74) is 0.931. The van der Waals surface area contributed by atoms with Gasteiger partial charge in [0.05, 0.1) is 30.9 Å². The molecule has 2 saturated heterocycles. The largest absolute Gasteiger partial charge is 0.423 e. The lowest BCUT2D eigenvalue weighted by Crippen LogP contribution is -2.27. The summed E-state index contributed by atoms with van der Waals surface area (Å²) in [6, 6.07) is 12.5. The zero-order valence-corrected chi connectivity index (χ0v) is 21.1. The fourth-order valence-electron chi connectivity index (χ4n) is 4.58. The molecule has 0 amide bonds. The van der Waals surface area contributed by atoms with Crippen molar-refractivity contribution in [3.8, 4) is 16.9 Å². The summed E-state index contributed by atoms with van der Waals surface area (Å²) in [5.74, 6) is -2.67. The maximum absolute atomic E-state index is 14.8. The fraction of sp³-hybridized carbons (Fsp3) is 0.367. The fourth-order valence-corrected chi connectivity index (χ4v) is 4.58. The Kier molecular flexibility index (Phi) is 8.12. The molecule has 0 radical (unpaired) electrons. The Balaban J connectivity index is 1.19. The number of halogens is 3. The quantitative estimate of drug-likeness (QED) is 0.127. The molecule has 2 aliphatic rings. The highest BCUT2D eigenvalue weighted by Crippen LogP contribution is 2.37.